The van der Waals surface area contributed by atoms with Crippen molar-refractivity contribution in [2.24, 2.45) is 5.10 Å². The average Bonchev–Trinajstić information content (AvgIpc) is 2.19. The molecule has 0 spiro atoms. The van der Waals surface area contributed by atoms with Crippen LogP contribution >= 0.6 is 0 Å². The first-order valence-corrected chi connectivity index (χ1v) is 5.36. The highest BCUT2D eigenvalue weighted by atomic mass is 32.2. The van der Waals surface area contributed by atoms with E-state index < -0.39 is 10.0 Å². The summed E-state index contributed by atoms with van der Waals surface area (Å²) in [5.74, 6) is 0. The molecule has 0 bridgehead atoms. The SMILES string of the molecule is C=CC=NNS(=O)(=O)c1ccccc1. The fraction of sp³-hybridized carbons (Fsp3) is 0. The molecule has 1 aromatic rings. The van der Waals surface area contributed by atoms with Gasteiger partial charge in [-0.1, -0.05) is 24.8 Å². The van der Waals surface area contributed by atoms with Crippen LogP contribution in [0.5, 0.6) is 0 Å². The van der Waals surface area contributed by atoms with Gasteiger partial charge in [0.25, 0.3) is 10.0 Å². The lowest BCUT2D eigenvalue weighted by Gasteiger charge is -2.01. The lowest BCUT2D eigenvalue weighted by Crippen LogP contribution is -2.17. The molecule has 1 N–H and O–H groups in total. The molecule has 4 nitrogen and oxygen atoms in total. The lowest BCUT2D eigenvalue weighted by atomic mass is 10.4. The van der Waals surface area contributed by atoms with Crippen molar-refractivity contribution >= 4 is 16.2 Å². The van der Waals surface area contributed by atoms with Gasteiger partial charge in [0, 0.05) is 6.21 Å². The number of hydrazone groups is 1. The van der Waals surface area contributed by atoms with Crippen LogP contribution < -0.4 is 4.83 Å². The molecular weight excluding hydrogens is 200 g/mol. The minimum absolute atomic E-state index is 0.182. The van der Waals surface area contributed by atoms with Crippen LogP contribution in [0.25, 0.3) is 0 Å². The second kappa shape index (κ2) is 4.57. The largest absolute Gasteiger partial charge is 0.276 e. The first-order chi connectivity index (χ1) is 6.67. The summed E-state index contributed by atoms with van der Waals surface area (Å²) >= 11 is 0. The predicted octanol–water partition coefficient (Wildman–Crippen LogP) is 1.14. The number of benzene rings is 1. The lowest BCUT2D eigenvalue weighted by molar-refractivity contribution is 0.584. The zero-order valence-corrected chi connectivity index (χ0v) is 8.24. The number of nitrogens with zero attached hydrogens (tertiary/aromatic N) is 1. The predicted molar refractivity (Wildman–Crippen MR) is 55.5 cm³/mol. The Bertz CT molecular complexity index is 423. The van der Waals surface area contributed by atoms with Crippen LogP contribution in [-0.2, 0) is 10.0 Å². The Morgan fingerprint density at radius 2 is 1.93 bits per heavy atom. The first-order valence-electron chi connectivity index (χ1n) is 3.88. The number of rotatable bonds is 4. The van der Waals surface area contributed by atoms with Gasteiger partial charge < -0.3 is 0 Å². The zero-order valence-electron chi connectivity index (χ0n) is 7.42. The van der Waals surface area contributed by atoms with Gasteiger partial charge in [0.15, 0.2) is 0 Å². The van der Waals surface area contributed by atoms with Gasteiger partial charge in [0.05, 0.1) is 4.90 Å². The summed E-state index contributed by atoms with van der Waals surface area (Å²) in [5, 5.41) is 3.46. The Hall–Kier alpha value is -1.62. The van der Waals surface area contributed by atoms with Gasteiger partial charge in [-0.2, -0.15) is 13.5 Å². The van der Waals surface area contributed by atoms with E-state index in [1.807, 2.05) is 4.83 Å². The molecule has 1 rings (SSSR count). The fourth-order valence-corrected chi connectivity index (χ4v) is 1.63. The molecule has 0 saturated heterocycles. The van der Waals surface area contributed by atoms with E-state index in [1.165, 1.54) is 24.4 Å². The molecule has 14 heavy (non-hydrogen) atoms. The van der Waals surface area contributed by atoms with E-state index in [4.69, 9.17) is 0 Å². The topological polar surface area (TPSA) is 58.5 Å². The maximum atomic E-state index is 11.4. The van der Waals surface area contributed by atoms with E-state index in [0.717, 1.165) is 0 Å². The summed E-state index contributed by atoms with van der Waals surface area (Å²) < 4.78 is 22.9. The summed E-state index contributed by atoms with van der Waals surface area (Å²) in [4.78, 5) is 2.23. The Labute approximate surface area is 83.0 Å². The average molecular weight is 210 g/mol. The van der Waals surface area contributed by atoms with Crippen LogP contribution in [0.2, 0.25) is 0 Å². The van der Waals surface area contributed by atoms with Crippen LogP contribution in [0.3, 0.4) is 0 Å². The third-order valence-electron chi connectivity index (χ3n) is 1.41. The van der Waals surface area contributed by atoms with Crippen molar-refractivity contribution in [2.75, 3.05) is 0 Å². The molecule has 0 heterocycles. The van der Waals surface area contributed by atoms with Gasteiger partial charge in [-0.3, -0.25) is 0 Å². The number of allylic oxidation sites excluding steroid dienone is 1. The van der Waals surface area contributed by atoms with Gasteiger partial charge >= 0.3 is 0 Å². The standard InChI is InChI=1S/C9H10N2O2S/c1-2-8-10-11-14(12,13)9-6-4-3-5-7-9/h2-8,11H,1H2. The molecule has 0 amide bonds. The number of hydrogen-bond acceptors (Lipinski definition) is 3. The monoisotopic (exact) mass is 210 g/mol. The van der Waals surface area contributed by atoms with E-state index in [2.05, 4.69) is 11.7 Å². The van der Waals surface area contributed by atoms with E-state index in [9.17, 15) is 8.42 Å². The summed E-state index contributed by atoms with van der Waals surface area (Å²) in [6.07, 6.45) is 2.65. The van der Waals surface area contributed by atoms with Gasteiger partial charge in [-0.05, 0) is 18.2 Å². The molecule has 0 radical (unpaired) electrons. The van der Waals surface area contributed by atoms with E-state index in [0.29, 0.717) is 0 Å². The van der Waals surface area contributed by atoms with Crippen LogP contribution in [0.1, 0.15) is 0 Å². The third-order valence-corrected chi connectivity index (χ3v) is 2.64. The fourth-order valence-electron chi connectivity index (χ4n) is 0.805. The molecule has 0 atom stereocenters. The number of sulfonamides is 1. The van der Waals surface area contributed by atoms with Crippen molar-refractivity contribution in [3.63, 3.8) is 0 Å². The smallest absolute Gasteiger partial charge is 0.200 e. The molecule has 0 saturated carbocycles. The minimum atomic E-state index is -3.53. The molecule has 0 aromatic heterocycles. The Morgan fingerprint density at radius 3 is 2.50 bits per heavy atom. The number of nitrogens with one attached hydrogen (secondary N) is 1. The zero-order chi connectivity index (χ0) is 10.4. The molecule has 74 valence electrons. The second-order valence-electron chi connectivity index (χ2n) is 2.42. The Morgan fingerprint density at radius 1 is 1.29 bits per heavy atom. The van der Waals surface area contributed by atoms with Crippen LogP contribution in [0.4, 0.5) is 0 Å². The second-order valence-corrected chi connectivity index (χ2v) is 4.08. The normalized spacial score (nSPS) is 11.4. The van der Waals surface area contributed by atoms with Gasteiger partial charge in [-0.15, -0.1) is 0 Å². The summed E-state index contributed by atoms with van der Waals surface area (Å²) in [7, 11) is -3.53. The molecular formula is C9H10N2O2S. The highest BCUT2D eigenvalue weighted by Gasteiger charge is 2.10. The Kier molecular flexibility index (Phi) is 3.41. The molecule has 0 aliphatic rings. The molecule has 0 aliphatic heterocycles. The maximum Gasteiger partial charge on any atom is 0.276 e. The van der Waals surface area contributed by atoms with Crippen molar-refractivity contribution < 1.29 is 8.42 Å². The third kappa shape index (κ3) is 2.70. The summed E-state index contributed by atoms with van der Waals surface area (Å²) in [6.45, 7) is 3.37. The maximum absolute atomic E-state index is 11.4. The van der Waals surface area contributed by atoms with Crippen molar-refractivity contribution in [3.8, 4) is 0 Å². The molecule has 1 aromatic carbocycles. The van der Waals surface area contributed by atoms with Crippen molar-refractivity contribution in [1.82, 2.24) is 4.83 Å². The van der Waals surface area contributed by atoms with E-state index in [-0.39, 0.29) is 4.90 Å². The highest BCUT2D eigenvalue weighted by Crippen LogP contribution is 2.06. The van der Waals surface area contributed by atoms with Crippen LogP contribution in [-0.4, -0.2) is 14.6 Å². The van der Waals surface area contributed by atoms with Gasteiger partial charge in [-0.25, -0.2) is 4.83 Å². The van der Waals surface area contributed by atoms with Gasteiger partial charge in [0.2, 0.25) is 0 Å². The van der Waals surface area contributed by atoms with Crippen LogP contribution in [0, 0.1) is 0 Å². The van der Waals surface area contributed by atoms with Crippen LogP contribution in [0.15, 0.2) is 53.0 Å². The quantitative estimate of drug-likeness (QED) is 0.598. The molecule has 0 unspecified atom stereocenters. The van der Waals surface area contributed by atoms with Gasteiger partial charge in [0.1, 0.15) is 0 Å². The minimum Gasteiger partial charge on any atom is -0.200 e. The summed E-state index contributed by atoms with van der Waals surface area (Å²) in [5.41, 5.74) is 0. The highest BCUT2D eigenvalue weighted by molar-refractivity contribution is 7.89. The number of hydrogen-bond donors (Lipinski definition) is 1. The van der Waals surface area contributed by atoms with Crippen molar-refractivity contribution in [1.29, 1.82) is 0 Å². The first kappa shape index (κ1) is 10.5. The van der Waals surface area contributed by atoms with Crippen molar-refractivity contribution in [2.45, 2.75) is 4.90 Å². The van der Waals surface area contributed by atoms with E-state index >= 15 is 0 Å². The van der Waals surface area contributed by atoms with E-state index in [1.54, 1.807) is 18.2 Å². The molecule has 0 aliphatic carbocycles. The molecule has 5 heteroatoms. The van der Waals surface area contributed by atoms with Crippen molar-refractivity contribution in [3.05, 3.63) is 43.0 Å². The molecule has 0 fully saturated rings. The summed E-state index contributed by atoms with van der Waals surface area (Å²) in [6, 6.07) is 8.01. The Balaban J connectivity index is 2.87.